The van der Waals surface area contributed by atoms with Crippen molar-refractivity contribution in [1.29, 1.82) is 0 Å². The fourth-order valence-corrected chi connectivity index (χ4v) is 4.39. The topological polar surface area (TPSA) is 82.6 Å². The second-order valence-corrected chi connectivity index (χ2v) is 8.05. The number of aromatic nitrogens is 2. The zero-order valence-corrected chi connectivity index (χ0v) is 16.6. The molecule has 8 nitrogen and oxygen atoms in total. The van der Waals surface area contributed by atoms with Gasteiger partial charge in [0.25, 0.3) is 0 Å². The van der Waals surface area contributed by atoms with Gasteiger partial charge in [0.05, 0.1) is 13.2 Å². The molecular formula is C20H32N6O2. The number of hydrogen-bond donors (Lipinski definition) is 2. The van der Waals surface area contributed by atoms with Crippen molar-refractivity contribution in [2.24, 2.45) is 0 Å². The fraction of sp³-hybridized carbons (Fsp3) is 0.750. The molecule has 3 fully saturated rings. The Morgan fingerprint density at radius 2 is 1.43 bits per heavy atom. The smallest absolute Gasteiger partial charge is 0.315 e. The van der Waals surface area contributed by atoms with Gasteiger partial charge in [-0.15, -0.1) is 0 Å². The summed E-state index contributed by atoms with van der Waals surface area (Å²) in [5.41, 5.74) is 0. The summed E-state index contributed by atoms with van der Waals surface area (Å²) in [6.07, 6.45) is 9.53. The summed E-state index contributed by atoms with van der Waals surface area (Å²) >= 11 is 0. The number of amides is 2. The van der Waals surface area contributed by atoms with Crippen LogP contribution in [0.25, 0.3) is 0 Å². The van der Waals surface area contributed by atoms with Gasteiger partial charge in [-0.05, 0) is 25.7 Å². The third kappa shape index (κ3) is 5.04. The van der Waals surface area contributed by atoms with Crippen molar-refractivity contribution in [1.82, 2.24) is 20.6 Å². The SMILES string of the molecule is O=C(NC1CCCCC1)NC1CCN(c2cc(N3CCOCC3)ncn2)CC1. The predicted octanol–water partition coefficient (Wildman–Crippen LogP) is 1.91. The van der Waals surface area contributed by atoms with E-state index in [4.69, 9.17) is 4.74 Å². The molecule has 2 N–H and O–H groups in total. The zero-order valence-electron chi connectivity index (χ0n) is 16.6. The largest absolute Gasteiger partial charge is 0.378 e. The Bertz CT molecular complexity index is 637. The summed E-state index contributed by atoms with van der Waals surface area (Å²) in [5.74, 6) is 1.95. The monoisotopic (exact) mass is 388 g/mol. The molecule has 2 amide bonds. The van der Waals surface area contributed by atoms with Crippen LogP contribution >= 0.6 is 0 Å². The molecule has 0 unspecified atom stereocenters. The molecule has 4 rings (SSSR count). The molecule has 2 saturated heterocycles. The highest BCUT2D eigenvalue weighted by Gasteiger charge is 2.24. The first kappa shape index (κ1) is 19.2. The van der Waals surface area contributed by atoms with E-state index in [1.807, 2.05) is 0 Å². The number of nitrogens with zero attached hydrogens (tertiary/aromatic N) is 4. The third-order valence-electron chi connectivity index (χ3n) is 6.07. The number of piperidine rings is 1. The molecule has 0 spiro atoms. The molecule has 1 aliphatic carbocycles. The van der Waals surface area contributed by atoms with Crippen LogP contribution in [0, 0.1) is 0 Å². The molecule has 1 saturated carbocycles. The minimum absolute atomic E-state index is 0.00184. The molecular weight excluding hydrogens is 356 g/mol. The van der Waals surface area contributed by atoms with Crippen LogP contribution in [-0.4, -0.2) is 67.5 Å². The van der Waals surface area contributed by atoms with Crippen LogP contribution < -0.4 is 20.4 Å². The average molecular weight is 389 g/mol. The van der Waals surface area contributed by atoms with Gasteiger partial charge in [-0.1, -0.05) is 19.3 Å². The van der Waals surface area contributed by atoms with Crippen LogP contribution in [0.5, 0.6) is 0 Å². The van der Waals surface area contributed by atoms with Crippen molar-refractivity contribution < 1.29 is 9.53 Å². The maximum absolute atomic E-state index is 12.3. The quantitative estimate of drug-likeness (QED) is 0.820. The molecule has 1 aromatic rings. The highest BCUT2D eigenvalue weighted by Crippen LogP contribution is 2.22. The predicted molar refractivity (Wildman–Crippen MR) is 109 cm³/mol. The minimum atomic E-state index is 0.00184. The van der Waals surface area contributed by atoms with Crippen LogP contribution in [-0.2, 0) is 4.74 Å². The van der Waals surface area contributed by atoms with Gasteiger partial charge < -0.3 is 25.2 Å². The van der Waals surface area contributed by atoms with E-state index in [1.165, 1.54) is 19.3 Å². The van der Waals surface area contributed by atoms with Crippen molar-refractivity contribution in [2.75, 3.05) is 49.2 Å². The van der Waals surface area contributed by atoms with Crippen LogP contribution in [0.2, 0.25) is 0 Å². The Balaban J connectivity index is 1.25. The van der Waals surface area contributed by atoms with Gasteiger partial charge in [0, 0.05) is 44.3 Å². The van der Waals surface area contributed by atoms with Gasteiger partial charge in [-0.3, -0.25) is 0 Å². The third-order valence-corrected chi connectivity index (χ3v) is 6.07. The summed E-state index contributed by atoms with van der Waals surface area (Å²) in [6, 6.07) is 2.67. The number of carbonyl (C=O) groups is 1. The van der Waals surface area contributed by atoms with Crippen molar-refractivity contribution in [3.05, 3.63) is 12.4 Å². The summed E-state index contributed by atoms with van der Waals surface area (Å²) in [6.45, 7) is 5.04. The molecule has 2 aliphatic heterocycles. The van der Waals surface area contributed by atoms with Crippen molar-refractivity contribution in [3.8, 4) is 0 Å². The molecule has 3 heterocycles. The van der Waals surface area contributed by atoms with E-state index < -0.39 is 0 Å². The van der Waals surface area contributed by atoms with E-state index in [-0.39, 0.29) is 12.1 Å². The minimum Gasteiger partial charge on any atom is -0.378 e. The first-order chi connectivity index (χ1) is 13.8. The Morgan fingerprint density at radius 1 is 0.857 bits per heavy atom. The second kappa shape index (κ2) is 9.41. The zero-order chi connectivity index (χ0) is 19.2. The van der Waals surface area contributed by atoms with Crippen LogP contribution in [0.1, 0.15) is 44.9 Å². The van der Waals surface area contributed by atoms with Gasteiger partial charge in [0.15, 0.2) is 0 Å². The number of ether oxygens (including phenoxy) is 1. The van der Waals surface area contributed by atoms with Gasteiger partial charge >= 0.3 is 6.03 Å². The van der Waals surface area contributed by atoms with E-state index in [9.17, 15) is 4.79 Å². The van der Waals surface area contributed by atoms with E-state index in [2.05, 4.69) is 36.5 Å². The Hall–Kier alpha value is -2.09. The van der Waals surface area contributed by atoms with Gasteiger partial charge in [-0.25, -0.2) is 14.8 Å². The summed E-state index contributed by atoms with van der Waals surface area (Å²) in [4.78, 5) is 25.7. The number of nitrogens with one attached hydrogen (secondary N) is 2. The average Bonchev–Trinajstić information content (AvgIpc) is 2.76. The first-order valence-electron chi connectivity index (χ1n) is 10.7. The molecule has 154 valence electrons. The van der Waals surface area contributed by atoms with Crippen LogP contribution in [0.4, 0.5) is 16.4 Å². The molecule has 0 aromatic carbocycles. The van der Waals surface area contributed by atoms with E-state index >= 15 is 0 Å². The molecule has 8 heteroatoms. The molecule has 0 radical (unpaired) electrons. The van der Waals surface area contributed by atoms with Crippen molar-refractivity contribution in [2.45, 2.75) is 57.0 Å². The standard InChI is InChI=1S/C20H32N6O2/c27-20(23-16-4-2-1-3-5-16)24-17-6-8-25(9-7-17)18-14-19(22-15-21-18)26-10-12-28-13-11-26/h14-17H,1-13H2,(H2,23,24,27). The fourth-order valence-electron chi connectivity index (χ4n) is 4.39. The Morgan fingerprint density at radius 3 is 2.07 bits per heavy atom. The van der Waals surface area contributed by atoms with Crippen molar-refractivity contribution in [3.63, 3.8) is 0 Å². The van der Waals surface area contributed by atoms with Crippen LogP contribution in [0.15, 0.2) is 12.4 Å². The van der Waals surface area contributed by atoms with E-state index in [0.717, 1.165) is 76.7 Å². The Labute approximate surface area is 167 Å². The summed E-state index contributed by atoms with van der Waals surface area (Å²) in [5, 5.41) is 6.32. The molecule has 3 aliphatic rings. The van der Waals surface area contributed by atoms with Crippen LogP contribution in [0.3, 0.4) is 0 Å². The lowest BCUT2D eigenvalue weighted by Crippen LogP contribution is -2.50. The molecule has 28 heavy (non-hydrogen) atoms. The highest BCUT2D eigenvalue weighted by molar-refractivity contribution is 5.74. The highest BCUT2D eigenvalue weighted by atomic mass is 16.5. The number of urea groups is 1. The number of carbonyl (C=O) groups excluding carboxylic acids is 1. The number of anilines is 2. The summed E-state index contributed by atoms with van der Waals surface area (Å²) in [7, 11) is 0. The summed E-state index contributed by atoms with van der Waals surface area (Å²) < 4.78 is 5.42. The van der Waals surface area contributed by atoms with Crippen molar-refractivity contribution >= 4 is 17.7 Å². The lowest BCUT2D eigenvalue weighted by Gasteiger charge is -2.34. The number of rotatable bonds is 4. The normalized spacial score (nSPS) is 22.1. The maximum atomic E-state index is 12.3. The first-order valence-corrected chi connectivity index (χ1v) is 10.7. The second-order valence-electron chi connectivity index (χ2n) is 8.05. The number of hydrogen-bond acceptors (Lipinski definition) is 6. The van der Waals surface area contributed by atoms with Gasteiger partial charge in [0.1, 0.15) is 18.0 Å². The maximum Gasteiger partial charge on any atom is 0.315 e. The molecule has 1 aromatic heterocycles. The van der Waals surface area contributed by atoms with E-state index in [1.54, 1.807) is 6.33 Å². The molecule has 0 atom stereocenters. The Kier molecular flexibility index (Phi) is 6.46. The molecule has 0 bridgehead atoms. The lowest BCUT2D eigenvalue weighted by atomic mass is 9.96. The van der Waals surface area contributed by atoms with Gasteiger partial charge in [0.2, 0.25) is 0 Å². The number of morpholine rings is 1. The van der Waals surface area contributed by atoms with E-state index in [0.29, 0.717) is 6.04 Å². The van der Waals surface area contributed by atoms with Gasteiger partial charge in [-0.2, -0.15) is 0 Å². The lowest BCUT2D eigenvalue weighted by molar-refractivity contribution is 0.122.